The highest BCUT2D eigenvalue weighted by Crippen LogP contribution is 2.40. The summed E-state index contributed by atoms with van der Waals surface area (Å²) in [6, 6.07) is 0. The number of fused-ring (bicyclic) bond motifs is 1. The van der Waals surface area contributed by atoms with Crippen molar-refractivity contribution in [2.75, 3.05) is 6.54 Å². The van der Waals surface area contributed by atoms with Crippen molar-refractivity contribution in [2.45, 2.75) is 31.7 Å². The molecule has 2 aliphatic rings. The van der Waals surface area contributed by atoms with Crippen LogP contribution in [0.4, 0.5) is 0 Å². The maximum atomic E-state index is 5.68. The van der Waals surface area contributed by atoms with Crippen LogP contribution < -0.4 is 5.32 Å². The first-order chi connectivity index (χ1) is 5.93. The fourth-order valence-electron chi connectivity index (χ4n) is 1.65. The van der Waals surface area contributed by atoms with Crippen LogP contribution in [0, 0.1) is 0 Å². The normalized spacial score (nSPS) is 20.6. The zero-order valence-electron chi connectivity index (χ0n) is 7.38. The molecule has 1 aliphatic heterocycles. The van der Waals surface area contributed by atoms with Crippen molar-refractivity contribution in [1.82, 2.24) is 10.3 Å². The van der Waals surface area contributed by atoms with Gasteiger partial charge in [-0.1, -0.05) is 0 Å². The molecule has 1 saturated carbocycles. The molecule has 13 heavy (non-hydrogen) atoms. The summed E-state index contributed by atoms with van der Waals surface area (Å²) in [4.78, 5) is 4.48. The fourth-order valence-corrected chi connectivity index (χ4v) is 1.65. The molecule has 0 unspecified atom stereocenters. The van der Waals surface area contributed by atoms with E-state index in [1.54, 1.807) is 0 Å². The molecule has 2 heterocycles. The lowest BCUT2D eigenvalue weighted by atomic mass is 10.2. The summed E-state index contributed by atoms with van der Waals surface area (Å²) in [5.74, 6) is 2.76. The largest absolute Gasteiger partial charge is 0.445 e. The van der Waals surface area contributed by atoms with Crippen LogP contribution in [0.3, 0.4) is 0 Å². The van der Waals surface area contributed by atoms with E-state index in [2.05, 4.69) is 10.3 Å². The van der Waals surface area contributed by atoms with E-state index in [1.807, 2.05) is 0 Å². The van der Waals surface area contributed by atoms with Crippen molar-refractivity contribution in [2.24, 2.45) is 0 Å². The standard InChI is InChI=1S/C9H12N2O.ClH/c1-2-6(1)9-11-7-5-10-4-3-8(7)12-9;/h6,10H,1-5H2;1H. The molecule has 1 aromatic heterocycles. The molecular formula is C9H13ClN2O. The van der Waals surface area contributed by atoms with E-state index in [0.717, 1.165) is 36.9 Å². The van der Waals surface area contributed by atoms with Gasteiger partial charge in [-0.2, -0.15) is 0 Å². The number of hydrogen-bond donors (Lipinski definition) is 1. The minimum absolute atomic E-state index is 0. The van der Waals surface area contributed by atoms with E-state index in [0.29, 0.717) is 5.92 Å². The average Bonchev–Trinajstić information content (AvgIpc) is 2.85. The zero-order chi connectivity index (χ0) is 7.97. The zero-order valence-corrected chi connectivity index (χ0v) is 8.19. The molecule has 4 heteroatoms. The summed E-state index contributed by atoms with van der Waals surface area (Å²) in [6.07, 6.45) is 3.55. The van der Waals surface area contributed by atoms with Crippen molar-refractivity contribution in [3.8, 4) is 0 Å². The first-order valence-electron chi connectivity index (χ1n) is 4.62. The van der Waals surface area contributed by atoms with Crippen molar-refractivity contribution in [1.29, 1.82) is 0 Å². The van der Waals surface area contributed by atoms with E-state index < -0.39 is 0 Å². The van der Waals surface area contributed by atoms with E-state index >= 15 is 0 Å². The first kappa shape index (κ1) is 9.03. The Hall–Kier alpha value is -0.540. The van der Waals surface area contributed by atoms with Gasteiger partial charge in [0.15, 0.2) is 5.89 Å². The molecule has 0 atom stereocenters. The second-order valence-corrected chi connectivity index (χ2v) is 3.62. The van der Waals surface area contributed by atoms with E-state index in [4.69, 9.17) is 4.42 Å². The monoisotopic (exact) mass is 200 g/mol. The molecule has 3 nitrogen and oxygen atoms in total. The number of halogens is 1. The van der Waals surface area contributed by atoms with Crippen LogP contribution in [0.5, 0.6) is 0 Å². The number of hydrogen-bond acceptors (Lipinski definition) is 3. The molecule has 0 radical (unpaired) electrons. The van der Waals surface area contributed by atoms with Crippen LogP contribution in [0.2, 0.25) is 0 Å². The van der Waals surface area contributed by atoms with Crippen LogP contribution in [0.25, 0.3) is 0 Å². The fraction of sp³-hybridized carbons (Fsp3) is 0.667. The first-order valence-corrected chi connectivity index (χ1v) is 4.62. The summed E-state index contributed by atoms with van der Waals surface area (Å²) in [5, 5.41) is 3.29. The smallest absolute Gasteiger partial charge is 0.197 e. The van der Waals surface area contributed by atoms with Gasteiger partial charge in [0.1, 0.15) is 5.76 Å². The molecule has 0 spiro atoms. The van der Waals surface area contributed by atoms with Crippen molar-refractivity contribution in [3.05, 3.63) is 17.3 Å². The number of nitrogens with zero attached hydrogens (tertiary/aromatic N) is 1. The summed E-state index contributed by atoms with van der Waals surface area (Å²) < 4.78 is 5.68. The van der Waals surface area contributed by atoms with Crippen LogP contribution in [0.1, 0.15) is 36.1 Å². The highest BCUT2D eigenvalue weighted by Gasteiger charge is 2.30. The molecule has 1 fully saturated rings. The molecule has 0 amide bonds. The van der Waals surface area contributed by atoms with Gasteiger partial charge >= 0.3 is 0 Å². The van der Waals surface area contributed by atoms with Crippen LogP contribution in [-0.2, 0) is 13.0 Å². The third-order valence-electron chi connectivity index (χ3n) is 2.54. The average molecular weight is 201 g/mol. The van der Waals surface area contributed by atoms with Gasteiger partial charge in [0.05, 0.1) is 5.69 Å². The van der Waals surface area contributed by atoms with Gasteiger partial charge in [0.25, 0.3) is 0 Å². The van der Waals surface area contributed by atoms with Crippen LogP contribution >= 0.6 is 12.4 Å². The Morgan fingerprint density at radius 3 is 2.92 bits per heavy atom. The molecule has 0 aromatic carbocycles. The number of oxazole rings is 1. The topological polar surface area (TPSA) is 38.1 Å². The SMILES string of the molecule is C1Cc2oc(C3CC3)nc2CN1.Cl. The maximum absolute atomic E-state index is 5.68. The van der Waals surface area contributed by atoms with Crippen molar-refractivity contribution in [3.63, 3.8) is 0 Å². The summed E-state index contributed by atoms with van der Waals surface area (Å²) in [7, 11) is 0. The van der Waals surface area contributed by atoms with Gasteiger partial charge < -0.3 is 9.73 Å². The highest BCUT2D eigenvalue weighted by molar-refractivity contribution is 5.85. The second kappa shape index (κ2) is 3.31. The Labute approximate surface area is 83.3 Å². The Balaban J connectivity index is 0.000000653. The van der Waals surface area contributed by atoms with Gasteiger partial charge in [-0.05, 0) is 12.8 Å². The molecule has 72 valence electrons. The third kappa shape index (κ3) is 1.58. The number of aromatic nitrogens is 1. The molecule has 0 saturated heterocycles. The Morgan fingerprint density at radius 2 is 2.23 bits per heavy atom. The highest BCUT2D eigenvalue weighted by atomic mass is 35.5. The Bertz CT molecular complexity index is 283. The lowest BCUT2D eigenvalue weighted by Gasteiger charge is -2.08. The van der Waals surface area contributed by atoms with Crippen LogP contribution in [-0.4, -0.2) is 11.5 Å². The predicted octanol–water partition coefficient (Wildman–Crippen LogP) is 1.62. The molecule has 1 aliphatic carbocycles. The predicted molar refractivity (Wildman–Crippen MR) is 51.1 cm³/mol. The molecular weight excluding hydrogens is 188 g/mol. The number of nitrogens with one attached hydrogen (secondary N) is 1. The van der Waals surface area contributed by atoms with Gasteiger partial charge in [-0.3, -0.25) is 0 Å². The Kier molecular flexibility index (Phi) is 2.30. The maximum Gasteiger partial charge on any atom is 0.197 e. The van der Waals surface area contributed by atoms with E-state index in [-0.39, 0.29) is 12.4 Å². The second-order valence-electron chi connectivity index (χ2n) is 3.62. The van der Waals surface area contributed by atoms with Gasteiger partial charge in [0, 0.05) is 25.4 Å². The van der Waals surface area contributed by atoms with E-state index in [9.17, 15) is 0 Å². The summed E-state index contributed by atoms with van der Waals surface area (Å²) in [6.45, 7) is 1.93. The molecule has 1 aromatic rings. The molecule has 0 bridgehead atoms. The van der Waals surface area contributed by atoms with Gasteiger partial charge in [-0.15, -0.1) is 12.4 Å². The molecule has 1 N–H and O–H groups in total. The van der Waals surface area contributed by atoms with Crippen molar-refractivity contribution >= 4 is 12.4 Å². The quantitative estimate of drug-likeness (QED) is 0.749. The van der Waals surface area contributed by atoms with E-state index in [1.165, 1.54) is 12.8 Å². The third-order valence-corrected chi connectivity index (χ3v) is 2.54. The lowest BCUT2D eigenvalue weighted by Crippen LogP contribution is -2.22. The van der Waals surface area contributed by atoms with Gasteiger partial charge in [-0.25, -0.2) is 4.98 Å². The lowest BCUT2D eigenvalue weighted by molar-refractivity contribution is 0.439. The van der Waals surface area contributed by atoms with Crippen molar-refractivity contribution < 1.29 is 4.42 Å². The minimum Gasteiger partial charge on any atom is -0.445 e. The van der Waals surface area contributed by atoms with Gasteiger partial charge in [0.2, 0.25) is 0 Å². The molecule has 3 rings (SSSR count). The number of rotatable bonds is 1. The minimum atomic E-state index is 0. The summed E-state index contributed by atoms with van der Waals surface area (Å²) in [5.41, 5.74) is 1.14. The Morgan fingerprint density at radius 1 is 1.38 bits per heavy atom. The summed E-state index contributed by atoms with van der Waals surface area (Å²) >= 11 is 0. The van der Waals surface area contributed by atoms with Crippen LogP contribution in [0.15, 0.2) is 4.42 Å².